The van der Waals surface area contributed by atoms with Gasteiger partial charge in [0.25, 0.3) is 0 Å². The van der Waals surface area contributed by atoms with E-state index in [1.54, 1.807) is 0 Å². The number of hydrogen-bond donors (Lipinski definition) is 2. The molecule has 12 heteroatoms. The first kappa shape index (κ1) is 76.9. The van der Waals surface area contributed by atoms with Gasteiger partial charge in [0.05, 0.1) is 19.8 Å². The van der Waals surface area contributed by atoms with Crippen molar-refractivity contribution in [2.45, 2.75) is 315 Å². The highest BCUT2D eigenvalue weighted by Crippen LogP contribution is 2.43. The minimum absolute atomic E-state index is 0.156. The highest BCUT2D eigenvalue weighted by Gasteiger charge is 2.28. The number of hydrogen-bond acceptors (Lipinski definition) is 10. The van der Waals surface area contributed by atoms with Crippen molar-refractivity contribution >= 4 is 25.7 Å². The van der Waals surface area contributed by atoms with Gasteiger partial charge in [-0.1, -0.05) is 267 Å². The normalized spacial score (nSPS) is 13.7. The molecule has 0 heterocycles. The minimum atomic E-state index is -4.76. The number of allylic oxidation sites excluding steroid dienone is 12. The lowest BCUT2D eigenvalue weighted by Crippen LogP contribution is -2.30. The third-order valence-corrected chi connectivity index (χ3v) is 15.1. The highest BCUT2D eigenvalue weighted by atomic mass is 31.2. The van der Waals surface area contributed by atoms with Crippen molar-refractivity contribution < 1.29 is 52.2 Å². The zero-order valence-corrected chi connectivity index (χ0v) is 52.4. The number of unbranched alkanes of at least 4 members (excludes halogenated alkanes) is 32. The van der Waals surface area contributed by atoms with E-state index in [2.05, 4.69) is 93.7 Å². The Balaban J connectivity index is 4.72. The van der Waals surface area contributed by atoms with Gasteiger partial charge in [-0.2, -0.15) is 0 Å². The molecule has 0 aliphatic heterocycles. The second kappa shape index (κ2) is 62.0. The summed E-state index contributed by atoms with van der Waals surface area (Å²) >= 11 is 0. The Morgan fingerprint density at radius 3 is 1.02 bits per heavy atom. The summed E-state index contributed by atoms with van der Waals surface area (Å²) in [6.07, 6.45) is 71.4. The first-order valence-corrected chi connectivity index (χ1v) is 34.3. The van der Waals surface area contributed by atoms with E-state index >= 15 is 0 Å². The summed E-state index contributed by atoms with van der Waals surface area (Å²) in [6, 6.07) is 0. The smallest absolute Gasteiger partial charge is 0.462 e. The standard InChI is InChI=1S/C68H121O11P/c1-4-7-10-13-16-19-22-25-28-30-32-34-37-39-42-45-48-51-54-57-66(70)75-61-65(79-68(72)59-56-53-50-47-44-41-38-35-33-31-29-26-23-20-17-14-11-8-5-2)63-77-80(73,74)76-62-64(60-69)78-67(71)58-55-52-49-46-43-40-36-27-24-21-18-15-12-9-6-3/h9,12,16,18-19,21,25,27-28,32,34,36,64-65,69H,4-8,10-11,13-15,17,20,22-24,26,29-31,33,35,37-63H2,1-3H3,(H,73,74)/b12-9-,19-16-,21-18-,28-25-,34-32-,36-27-. The fraction of sp³-hybridized carbons (Fsp3) is 0.779. The van der Waals surface area contributed by atoms with Crippen molar-refractivity contribution in [3.05, 3.63) is 72.9 Å². The molecule has 0 aromatic carbocycles. The van der Waals surface area contributed by atoms with Gasteiger partial charge in [0, 0.05) is 19.3 Å². The minimum Gasteiger partial charge on any atom is -0.462 e. The number of carbonyl (C=O) groups is 3. The SMILES string of the molecule is CC/C=C\C/C=C\C/C=C\CCCCCCCC(=O)OC(CO)COP(=O)(O)OCC(COC(=O)CCCCCCCC/C=C\C/C=C\C/C=C\CCCCC)OC(=O)CCCCCCCCCCCCCCCCCCCCC. The van der Waals surface area contributed by atoms with E-state index in [0.717, 1.165) is 122 Å². The molecule has 0 rings (SSSR count). The van der Waals surface area contributed by atoms with Crippen LogP contribution < -0.4 is 0 Å². The Kier molecular flexibility index (Phi) is 59.6. The Bertz CT molecular complexity index is 1620. The van der Waals surface area contributed by atoms with Crippen LogP contribution >= 0.6 is 7.82 Å². The maximum atomic E-state index is 13.0. The summed E-state index contributed by atoms with van der Waals surface area (Å²) in [6.45, 7) is 4.53. The number of carbonyl (C=O) groups excluding carboxylic acids is 3. The zero-order chi connectivity index (χ0) is 58.3. The summed E-state index contributed by atoms with van der Waals surface area (Å²) in [5.74, 6) is -1.48. The van der Waals surface area contributed by atoms with Crippen LogP contribution in [0.15, 0.2) is 72.9 Å². The van der Waals surface area contributed by atoms with Gasteiger partial charge in [-0.25, -0.2) is 4.57 Å². The van der Waals surface area contributed by atoms with Crippen LogP contribution in [0.25, 0.3) is 0 Å². The Morgan fingerprint density at radius 2 is 0.650 bits per heavy atom. The third-order valence-electron chi connectivity index (χ3n) is 14.1. The van der Waals surface area contributed by atoms with Crippen LogP contribution in [-0.4, -0.2) is 66.5 Å². The molecule has 0 aliphatic rings. The van der Waals surface area contributed by atoms with E-state index < -0.39 is 57.8 Å². The number of aliphatic hydroxyl groups excluding tert-OH is 1. The van der Waals surface area contributed by atoms with Crippen LogP contribution in [0.4, 0.5) is 0 Å². The van der Waals surface area contributed by atoms with Crippen LogP contribution in [0.1, 0.15) is 303 Å². The molecule has 0 spiro atoms. The van der Waals surface area contributed by atoms with E-state index in [0.29, 0.717) is 19.3 Å². The summed E-state index contributed by atoms with van der Waals surface area (Å²) in [5.41, 5.74) is 0. The van der Waals surface area contributed by atoms with Crippen molar-refractivity contribution in [1.29, 1.82) is 0 Å². The molecular weight excluding hydrogens is 1020 g/mol. The number of rotatable bonds is 61. The predicted octanol–water partition coefficient (Wildman–Crippen LogP) is 20.0. The van der Waals surface area contributed by atoms with Gasteiger partial charge < -0.3 is 24.2 Å². The molecule has 0 aliphatic carbocycles. The maximum Gasteiger partial charge on any atom is 0.472 e. The van der Waals surface area contributed by atoms with Gasteiger partial charge in [-0.05, 0) is 89.9 Å². The molecule has 0 aromatic heterocycles. The largest absolute Gasteiger partial charge is 0.472 e. The van der Waals surface area contributed by atoms with Gasteiger partial charge in [-0.3, -0.25) is 23.4 Å². The first-order chi connectivity index (χ1) is 39.2. The number of aliphatic hydroxyl groups is 1. The maximum absolute atomic E-state index is 13.0. The van der Waals surface area contributed by atoms with E-state index in [-0.39, 0.29) is 25.9 Å². The van der Waals surface area contributed by atoms with E-state index in [4.69, 9.17) is 23.3 Å². The monoisotopic (exact) mass is 1140 g/mol. The Labute approximate surface area is 490 Å². The fourth-order valence-corrected chi connectivity index (χ4v) is 9.93. The van der Waals surface area contributed by atoms with Crippen molar-refractivity contribution in [3.8, 4) is 0 Å². The quantitative estimate of drug-likeness (QED) is 0.0197. The second-order valence-corrected chi connectivity index (χ2v) is 23.4. The van der Waals surface area contributed by atoms with Gasteiger partial charge >= 0.3 is 25.7 Å². The lowest BCUT2D eigenvalue weighted by molar-refractivity contribution is -0.161. The predicted molar refractivity (Wildman–Crippen MR) is 335 cm³/mol. The molecule has 464 valence electrons. The summed E-state index contributed by atoms with van der Waals surface area (Å²) < 4.78 is 39.7. The third kappa shape index (κ3) is 59.5. The molecule has 80 heavy (non-hydrogen) atoms. The Morgan fingerprint density at radius 1 is 0.362 bits per heavy atom. The number of esters is 3. The molecule has 0 aromatic rings. The van der Waals surface area contributed by atoms with Crippen LogP contribution in [0, 0.1) is 0 Å². The van der Waals surface area contributed by atoms with Crippen molar-refractivity contribution in [3.63, 3.8) is 0 Å². The van der Waals surface area contributed by atoms with E-state index in [1.807, 2.05) is 0 Å². The molecule has 0 saturated heterocycles. The second-order valence-electron chi connectivity index (χ2n) is 21.9. The highest BCUT2D eigenvalue weighted by molar-refractivity contribution is 7.47. The van der Waals surface area contributed by atoms with Crippen molar-refractivity contribution in [1.82, 2.24) is 0 Å². The molecule has 11 nitrogen and oxygen atoms in total. The average Bonchev–Trinajstić information content (AvgIpc) is 3.45. The topological polar surface area (TPSA) is 155 Å². The molecule has 0 bridgehead atoms. The van der Waals surface area contributed by atoms with Crippen LogP contribution in [-0.2, 0) is 42.2 Å². The van der Waals surface area contributed by atoms with Gasteiger partial charge in [-0.15, -0.1) is 0 Å². The molecule has 3 atom stereocenters. The van der Waals surface area contributed by atoms with Gasteiger partial charge in [0.2, 0.25) is 0 Å². The van der Waals surface area contributed by atoms with Gasteiger partial charge in [0.15, 0.2) is 6.10 Å². The molecular formula is C68H121O11P. The van der Waals surface area contributed by atoms with Crippen LogP contribution in [0.3, 0.4) is 0 Å². The summed E-state index contributed by atoms with van der Waals surface area (Å²) in [7, 11) is -4.76. The fourth-order valence-electron chi connectivity index (χ4n) is 9.14. The lowest BCUT2D eigenvalue weighted by Gasteiger charge is -2.21. The zero-order valence-electron chi connectivity index (χ0n) is 51.5. The number of phosphoric acid groups is 1. The molecule has 3 unspecified atom stereocenters. The molecule has 0 fully saturated rings. The van der Waals surface area contributed by atoms with E-state index in [9.17, 15) is 28.9 Å². The molecule has 2 N–H and O–H groups in total. The molecule has 0 saturated carbocycles. The van der Waals surface area contributed by atoms with Gasteiger partial charge in [0.1, 0.15) is 12.7 Å². The summed E-state index contributed by atoms with van der Waals surface area (Å²) in [5, 5.41) is 9.85. The summed E-state index contributed by atoms with van der Waals surface area (Å²) in [4.78, 5) is 48.8. The van der Waals surface area contributed by atoms with Crippen molar-refractivity contribution in [2.75, 3.05) is 26.4 Å². The lowest BCUT2D eigenvalue weighted by atomic mass is 10.0. The molecule has 0 amide bonds. The van der Waals surface area contributed by atoms with Crippen molar-refractivity contribution in [2.24, 2.45) is 0 Å². The van der Waals surface area contributed by atoms with E-state index in [1.165, 1.54) is 122 Å². The molecule has 0 radical (unpaired) electrons. The average molecular weight is 1150 g/mol. The number of phosphoric ester groups is 1. The first-order valence-electron chi connectivity index (χ1n) is 32.8. The van der Waals surface area contributed by atoms with Crippen LogP contribution in [0.2, 0.25) is 0 Å². The Hall–Kier alpha value is -3.08. The number of ether oxygens (including phenoxy) is 3. The van der Waals surface area contributed by atoms with Crippen LogP contribution in [0.5, 0.6) is 0 Å².